The Hall–Kier alpha value is -3.22. The Bertz CT molecular complexity index is 887. The lowest BCUT2D eigenvalue weighted by Gasteiger charge is -2.18. The third-order valence-electron chi connectivity index (χ3n) is 5.06. The molecule has 1 aliphatic rings. The van der Waals surface area contributed by atoms with Gasteiger partial charge in [0.1, 0.15) is 0 Å². The summed E-state index contributed by atoms with van der Waals surface area (Å²) in [7, 11) is 4.55. The number of amides is 2. The number of benzene rings is 2. The van der Waals surface area contributed by atoms with Crippen LogP contribution in [0.1, 0.15) is 18.9 Å². The lowest BCUT2D eigenvalue weighted by Crippen LogP contribution is -2.28. The van der Waals surface area contributed by atoms with Gasteiger partial charge in [0, 0.05) is 36.5 Å². The zero-order valence-electron chi connectivity index (χ0n) is 17.2. The van der Waals surface area contributed by atoms with Gasteiger partial charge in [-0.15, -0.1) is 0 Å². The Morgan fingerprint density at radius 1 is 1.10 bits per heavy atom. The molecule has 1 heterocycles. The molecule has 0 spiro atoms. The molecular weight excluding hydrogens is 372 g/mol. The molecule has 2 aromatic carbocycles. The summed E-state index contributed by atoms with van der Waals surface area (Å²) < 4.78 is 15.9. The zero-order valence-corrected chi connectivity index (χ0v) is 17.2. The van der Waals surface area contributed by atoms with Gasteiger partial charge in [-0.05, 0) is 24.1 Å². The van der Waals surface area contributed by atoms with Crippen LogP contribution in [0.4, 0.5) is 11.4 Å². The fraction of sp³-hybridized carbons (Fsp3) is 0.364. The summed E-state index contributed by atoms with van der Waals surface area (Å²) in [6.07, 6.45) is 1.06. The normalized spacial score (nSPS) is 15.9. The zero-order chi connectivity index (χ0) is 21.0. The summed E-state index contributed by atoms with van der Waals surface area (Å²) in [5, 5.41) is 2.87. The Kier molecular flexibility index (Phi) is 6.26. The number of nitrogens with one attached hydrogen (secondary N) is 1. The van der Waals surface area contributed by atoms with E-state index >= 15 is 0 Å². The minimum Gasteiger partial charge on any atom is -0.493 e. The van der Waals surface area contributed by atoms with Gasteiger partial charge in [-0.25, -0.2) is 0 Å². The number of nitrogens with zero attached hydrogens (tertiary/aromatic N) is 1. The molecule has 1 atom stereocenters. The van der Waals surface area contributed by atoms with Crippen molar-refractivity contribution >= 4 is 23.2 Å². The van der Waals surface area contributed by atoms with Crippen LogP contribution in [-0.2, 0) is 16.0 Å². The number of aryl methyl sites for hydroxylation is 1. The molecule has 1 fully saturated rings. The van der Waals surface area contributed by atoms with E-state index in [1.165, 1.54) is 21.3 Å². The molecule has 7 nitrogen and oxygen atoms in total. The number of carbonyl (C=O) groups excluding carboxylic acids is 2. The quantitative estimate of drug-likeness (QED) is 0.775. The fourth-order valence-electron chi connectivity index (χ4n) is 3.47. The molecular formula is C22H26N2O5. The molecule has 0 bridgehead atoms. The number of methoxy groups -OCH3 is 3. The van der Waals surface area contributed by atoms with Gasteiger partial charge in [0.05, 0.1) is 27.2 Å². The average Bonchev–Trinajstić information content (AvgIpc) is 3.14. The molecule has 0 aromatic heterocycles. The van der Waals surface area contributed by atoms with Crippen LogP contribution in [0.5, 0.6) is 17.2 Å². The summed E-state index contributed by atoms with van der Waals surface area (Å²) >= 11 is 0. The van der Waals surface area contributed by atoms with Crippen molar-refractivity contribution in [1.82, 2.24) is 0 Å². The molecule has 2 amide bonds. The van der Waals surface area contributed by atoms with Gasteiger partial charge < -0.3 is 24.4 Å². The van der Waals surface area contributed by atoms with Crippen LogP contribution in [0.2, 0.25) is 0 Å². The average molecular weight is 398 g/mol. The molecule has 0 unspecified atom stereocenters. The Morgan fingerprint density at radius 3 is 2.38 bits per heavy atom. The van der Waals surface area contributed by atoms with Crippen molar-refractivity contribution in [2.24, 2.45) is 5.92 Å². The second-order valence-corrected chi connectivity index (χ2v) is 6.83. The van der Waals surface area contributed by atoms with Gasteiger partial charge in [0.25, 0.3) is 0 Å². The van der Waals surface area contributed by atoms with E-state index in [0.717, 1.165) is 17.7 Å². The lowest BCUT2D eigenvalue weighted by atomic mass is 10.1. The molecule has 7 heteroatoms. The van der Waals surface area contributed by atoms with Gasteiger partial charge >= 0.3 is 0 Å². The molecule has 29 heavy (non-hydrogen) atoms. The summed E-state index contributed by atoms with van der Waals surface area (Å²) in [6, 6.07) is 11.2. The van der Waals surface area contributed by atoms with Gasteiger partial charge in [0.15, 0.2) is 11.5 Å². The molecule has 154 valence electrons. The molecule has 0 aliphatic carbocycles. The molecule has 3 rings (SSSR count). The molecule has 1 saturated heterocycles. The van der Waals surface area contributed by atoms with Crippen molar-refractivity contribution in [3.8, 4) is 17.2 Å². The first-order valence-corrected chi connectivity index (χ1v) is 9.50. The van der Waals surface area contributed by atoms with Crippen molar-refractivity contribution in [2.45, 2.75) is 19.8 Å². The maximum absolute atomic E-state index is 12.8. The largest absolute Gasteiger partial charge is 0.493 e. The second kappa shape index (κ2) is 8.86. The predicted octanol–water partition coefficient (Wildman–Crippen LogP) is 3.27. The van der Waals surface area contributed by atoms with Crippen molar-refractivity contribution in [2.75, 3.05) is 38.1 Å². The summed E-state index contributed by atoms with van der Waals surface area (Å²) in [4.78, 5) is 27.0. The Labute approximate surface area is 170 Å². The standard InChI is InChI=1S/C22H26N2O5/c1-5-14-7-6-8-17(9-14)24-13-15(10-20(24)25)22(26)23-16-11-18(27-2)21(29-4)19(12-16)28-3/h6-9,11-12,15H,5,10,13H2,1-4H3,(H,23,26)/t15-/m1/s1. The lowest BCUT2D eigenvalue weighted by molar-refractivity contribution is -0.122. The van der Waals surface area contributed by atoms with E-state index in [0.29, 0.717) is 29.5 Å². The third kappa shape index (κ3) is 4.29. The van der Waals surface area contributed by atoms with Gasteiger partial charge in [0.2, 0.25) is 17.6 Å². The van der Waals surface area contributed by atoms with Gasteiger partial charge in [-0.3, -0.25) is 9.59 Å². The fourth-order valence-corrected chi connectivity index (χ4v) is 3.47. The van der Waals surface area contributed by atoms with Crippen LogP contribution >= 0.6 is 0 Å². The Balaban J connectivity index is 1.75. The van der Waals surface area contributed by atoms with Crippen LogP contribution in [-0.4, -0.2) is 39.7 Å². The topological polar surface area (TPSA) is 77.1 Å². The molecule has 1 N–H and O–H groups in total. The van der Waals surface area contributed by atoms with Crippen molar-refractivity contribution in [3.63, 3.8) is 0 Å². The highest BCUT2D eigenvalue weighted by Crippen LogP contribution is 2.40. The van der Waals surface area contributed by atoms with E-state index in [9.17, 15) is 9.59 Å². The predicted molar refractivity (Wildman–Crippen MR) is 111 cm³/mol. The van der Waals surface area contributed by atoms with E-state index in [1.54, 1.807) is 17.0 Å². The number of carbonyl (C=O) groups is 2. The van der Waals surface area contributed by atoms with E-state index in [-0.39, 0.29) is 18.2 Å². The van der Waals surface area contributed by atoms with Crippen molar-refractivity contribution in [1.29, 1.82) is 0 Å². The summed E-state index contributed by atoms with van der Waals surface area (Å²) in [5.41, 5.74) is 2.50. The highest BCUT2D eigenvalue weighted by atomic mass is 16.5. The first-order valence-electron chi connectivity index (χ1n) is 9.50. The molecule has 1 aliphatic heterocycles. The van der Waals surface area contributed by atoms with Crippen LogP contribution in [0, 0.1) is 5.92 Å². The van der Waals surface area contributed by atoms with Crippen LogP contribution in [0.3, 0.4) is 0 Å². The summed E-state index contributed by atoms with van der Waals surface area (Å²) in [6.45, 7) is 2.42. The first-order chi connectivity index (χ1) is 14.0. The van der Waals surface area contributed by atoms with E-state index in [2.05, 4.69) is 12.2 Å². The van der Waals surface area contributed by atoms with Crippen LogP contribution < -0.4 is 24.4 Å². The smallest absolute Gasteiger partial charge is 0.229 e. The number of hydrogen-bond acceptors (Lipinski definition) is 5. The number of ether oxygens (including phenoxy) is 3. The minimum atomic E-state index is -0.438. The molecule has 2 aromatic rings. The van der Waals surface area contributed by atoms with E-state index in [1.807, 2.05) is 24.3 Å². The van der Waals surface area contributed by atoms with Crippen LogP contribution in [0.25, 0.3) is 0 Å². The minimum absolute atomic E-state index is 0.0525. The SMILES string of the molecule is CCc1cccc(N2C[C@H](C(=O)Nc3cc(OC)c(OC)c(OC)c3)CC2=O)c1. The monoisotopic (exact) mass is 398 g/mol. The van der Waals surface area contributed by atoms with E-state index in [4.69, 9.17) is 14.2 Å². The van der Waals surface area contributed by atoms with Crippen molar-refractivity contribution < 1.29 is 23.8 Å². The van der Waals surface area contributed by atoms with E-state index < -0.39 is 5.92 Å². The van der Waals surface area contributed by atoms with Crippen LogP contribution in [0.15, 0.2) is 36.4 Å². The molecule has 0 radical (unpaired) electrons. The summed E-state index contributed by atoms with van der Waals surface area (Å²) in [5.74, 6) is 0.633. The Morgan fingerprint density at radius 2 is 1.79 bits per heavy atom. The first kappa shape index (κ1) is 20.5. The third-order valence-corrected chi connectivity index (χ3v) is 5.06. The van der Waals surface area contributed by atoms with Gasteiger partial charge in [-0.2, -0.15) is 0 Å². The van der Waals surface area contributed by atoms with Gasteiger partial charge in [-0.1, -0.05) is 19.1 Å². The van der Waals surface area contributed by atoms with Crippen molar-refractivity contribution in [3.05, 3.63) is 42.0 Å². The maximum Gasteiger partial charge on any atom is 0.229 e. The number of anilines is 2. The maximum atomic E-state index is 12.8. The molecule has 0 saturated carbocycles. The second-order valence-electron chi connectivity index (χ2n) is 6.83. The highest BCUT2D eigenvalue weighted by molar-refractivity contribution is 6.03. The highest BCUT2D eigenvalue weighted by Gasteiger charge is 2.35. The number of hydrogen-bond donors (Lipinski definition) is 1. The number of rotatable bonds is 7.